The molecule has 0 bridgehead atoms. The van der Waals surface area contributed by atoms with Crippen LogP contribution in [-0.2, 0) is 0 Å². The number of hydrogen-bond acceptors (Lipinski definition) is 3. The number of rotatable bonds is 1. The average Bonchev–Trinajstić information content (AvgIpc) is 2.72. The van der Waals surface area contributed by atoms with E-state index < -0.39 is 0 Å². The van der Waals surface area contributed by atoms with Gasteiger partial charge in [-0.2, -0.15) is 5.10 Å². The lowest BCUT2D eigenvalue weighted by atomic mass is 10.1. The van der Waals surface area contributed by atoms with Crippen molar-refractivity contribution in [2.45, 2.75) is 0 Å². The highest BCUT2D eigenvalue weighted by Gasteiger charge is 2.03. The van der Waals surface area contributed by atoms with Crippen LogP contribution in [0.5, 0.6) is 0 Å². The number of nitrogens with zero attached hydrogens (tertiary/aromatic N) is 2. The maximum absolute atomic E-state index is 5.71. The molecule has 2 heterocycles. The van der Waals surface area contributed by atoms with Gasteiger partial charge in [0.1, 0.15) is 0 Å². The Labute approximate surface area is 104 Å². The maximum atomic E-state index is 5.71. The second-order valence-electron chi connectivity index (χ2n) is 3.61. The number of nitrogens with two attached hydrogens (primary N) is 1. The molecule has 0 unspecified atom stereocenters. The normalized spacial score (nSPS) is 10.1. The van der Waals surface area contributed by atoms with Crippen molar-refractivity contribution in [1.82, 2.24) is 15.2 Å². The van der Waals surface area contributed by atoms with Gasteiger partial charge in [-0.05, 0) is 35.4 Å². The summed E-state index contributed by atoms with van der Waals surface area (Å²) in [6.07, 6.45) is 3.56. The SMILES string of the molecule is Cl.Nc1n[nH]c2cc(-c3ccncc3)ccc12. The van der Waals surface area contributed by atoms with E-state index in [0.717, 1.165) is 22.0 Å². The molecule has 0 amide bonds. The Morgan fingerprint density at radius 1 is 1.00 bits per heavy atom. The molecule has 86 valence electrons. The van der Waals surface area contributed by atoms with E-state index in [-0.39, 0.29) is 12.4 Å². The molecule has 0 aliphatic carbocycles. The molecule has 4 nitrogen and oxygen atoms in total. The first-order chi connectivity index (χ1) is 7.84. The Hall–Kier alpha value is -2.07. The van der Waals surface area contributed by atoms with E-state index >= 15 is 0 Å². The zero-order valence-electron chi connectivity index (χ0n) is 8.92. The third-order valence-corrected chi connectivity index (χ3v) is 2.61. The van der Waals surface area contributed by atoms with Crippen LogP contribution in [-0.4, -0.2) is 15.2 Å². The molecule has 0 aliphatic rings. The first-order valence-electron chi connectivity index (χ1n) is 4.98. The number of fused-ring (bicyclic) bond motifs is 1. The predicted molar refractivity (Wildman–Crippen MR) is 71.0 cm³/mol. The van der Waals surface area contributed by atoms with Gasteiger partial charge in [-0.15, -0.1) is 12.4 Å². The Kier molecular flexibility index (Phi) is 2.97. The lowest BCUT2D eigenvalue weighted by Gasteiger charge is -2.00. The number of anilines is 1. The molecule has 0 atom stereocenters. The molecule has 3 rings (SSSR count). The number of benzene rings is 1. The van der Waals surface area contributed by atoms with E-state index in [1.807, 2.05) is 30.3 Å². The van der Waals surface area contributed by atoms with Crippen molar-refractivity contribution in [3.63, 3.8) is 0 Å². The second kappa shape index (κ2) is 4.43. The fourth-order valence-electron chi connectivity index (χ4n) is 1.76. The average molecular weight is 247 g/mol. The molecule has 0 spiro atoms. The molecule has 17 heavy (non-hydrogen) atoms. The third-order valence-electron chi connectivity index (χ3n) is 2.61. The lowest BCUT2D eigenvalue weighted by Crippen LogP contribution is -1.83. The van der Waals surface area contributed by atoms with Gasteiger partial charge in [0.15, 0.2) is 5.82 Å². The molecule has 0 saturated heterocycles. The van der Waals surface area contributed by atoms with Crippen LogP contribution >= 0.6 is 12.4 Å². The van der Waals surface area contributed by atoms with Crippen LogP contribution in [0.2, 0.25) is 0 Å². The number of pyridine rings is 1. The quantitative estimate of drug-likeness (QED) is 0.694. The number of H-pyrrole nitrogens is 1. The topological polar surface area (TPSA) is 67.6 Å². The predicted octanol–water partition coefficient (Wildman–Crippen LogP) is 2.63. The van der Waals surface area contributed by atoms with Crippen molar-refractivity contribution in [2.24, 2.45) is 0 Å². The van der Waals surface area contributed by atoms with Crippen molar-refractivity contribution in [1.29, 1.82) is 0 Å². The molecule has 3 N–H and O–H groups in total. The van der Waals surface area contributed by atoms with Crippen molar-refractivity contribution in [2.75, 3.05) is 5.73 Å². The van der Waals surface area contributed by atoms with E-state index in [0.29, 0.717) is 5.82 Å². The Balaban J connectivity index is 0.00000108. The summed E-state index contributed by atoms with van der Waals surface area (Å²) in [4.78, 5) is 4.00. The molecule has 0 fully saturated rings. The van der Waals surface area contributed by atoms with Crippen LogP contribution in [0.4, 0.5) is 5.82 Å². The minimum absolute atomic E-state index is 0. The molecule has 2 aromatic heterocycles. The zero-order valence-corrected chi connectivity index (χ0v) is 9.74. The Morgan fingerprint density at radius 2 is 1.76 bits per heavy atom. The van der Waals surface area contributed by atoms with Gasteiger partial charge in [0.25, 0.3) is 0 Å². The molecule has 3 aromatic rings. The van der Waals surface area contributed by atoms with Gasteiger partial charge in [-0.25, -0.2) is 0 Å². The summed E-state index contributed by atoms with van der Waals surface area (Å²) in [5, 5.41) is 7.83. The fourth-order valence-corrected chi connectivity index (χ4v) is 1.76. The highest BCUT2D eigenvalue weighted by Crippen LogP contribution is 2.25. The van der Waals surface area contributed by atoms with Gasteiger partial charge in [0.2, 0.25) is 0 Å². The highest BCUT2D eigenvalue weighted by molar-refractivity contribution is 5.91. The van der Waals surface area contributed by atoms with E-state index in [1.165, 1.54) is 0 Å². The molecule has 0 radical (unpaired) electrons. The van der Waals surface area contributed by atoms with Gasteiger partial charge < -0.3 is 5.73 Å². The van der Waals surface area contributed by atoms with Gasteiger partial charge >= 0.3 is 0 Å². The van der Waals surface area contributed by atoms with E-state index in [2.05, 4.69) is 15.2 Å². The molecule has 1 aromatic carbocycles. The largest absolute Gasteiger partial charge is 0.382 e. The summed E-state index contributed by atoms with van der Waals surface area (Å²) in [7, 11) is 0. The Morgan fingerprint density at radius 3 is 2.53 bits per heavy atom. The number of nitrogens with one attached hydrogen (secondary N) is 1. The van der Waals surface area contributed by atoms with Crippen LogP contribution in [0.15, 0.2) is 42.7 Å². The number of aromatic amines is 1. The summed E-state index contributed by atoms with van der Waals surface area (Å²) in [5.41, 5.74) is 8.92. The van der Waals surface area contributed by atoms with Crippen LogP contribution in [0, 0.1) is 0 Å². The van der Waals surface area contributed by atoms with Crippen molar-refractivity contribution < 1.29 is 0 Å². The van der Waals surface area contributed by atoms with E-state index in [9.17, 15) is 0 Å². The van der Waals surface area contributed by atoms with Crippen LogP contribution in [0.1, 0.15) is 0 Å². The number of hydrogen-bond donors (Lipinski definition) is 2. The number of nitrogen functional groups attached to an aromatic ring is 1. The minimum Gasteiger partial charge on any atom is -0.382 e. The van der Waals surface area contributed by atoms with Crippen LogP contribution in [0.3, 0.4) is 0 Å². The van der Waals surface area contributed by atoms with Crippen LogP contribution < -0.4 is 5.73 Å². The van der Waals surface area contributed by atoms with Gasteiger partial charge in [-0.3, -0.25) is 10.1 Å². The van der Waals surface area contributed by atoms with E-state index in [4.69, 9.17) is 5.73 Å². The molecule has 0 aliphatic heterocycles. The minimum atomic E-state index is 0. The molecular weight excluding hydrogens is 236 g/mol. The van der Waals surface area contributed by atoms with Gasteiger partial charge in [-0.1, -0.05) is 6.07 Å². The van der Waals surface area contributed by atoms with Gasteiger partial charge in [0, 0.05) is 17.8 Å². The van der Waals surface area contributed by atoms with Crippen molar-refractivity contribution >= 4 is 29.1 Å². The highest BCUT2D eigenvalue weighted by atomic mass is 35.5. The Bertz CT molecular complexity index is 633. The number of halogens is 1. The monoisotopic (exact) mass is 246 g/mol. The lowest BCUT2D eigenvalue weighted by molar-refractivity contribution is 1.13. The first-order valence-corrected chi connectivity index (χ1v) is 4.98. The third kappa shape index (κ3) is 1.94. The first kappa shape index (κ1) is 11.4. The summed E-state index contributed by atoms with van der Waals surface area (Å²) in [5.74, 6) is 0.538. The molecule has 5 heteroatoms. The van der Waals surface area contributed by atoms with Crippen molar-refractivity contribution in [3.05, 3.63) is 42.7 Å². The summed E-state index contributed by atoms with van der Waals surface area (Å²) in [6.45, 7) is 0. The molecule has 0 saturated carbocycles. The summed E-state index contributed by atoms with van der Waals surface area (Å²) >= 11 is 0. The number of aromatic nitrogens is 3. The maximum Gasteiger partial charge on any atom is 0.153 e. The zero-order chi connectivity index (χ0) is 11.0. The van der Waals surface area contributed by atoms with Crippen LogP contribution in [0.25, 0.3) is 22.0 Å². The van der Waals surface area contributed by atoms with Crippen molar-refractivity contribution in [3.8, 4) is 11.1 Å². The standard InChI is InChI=1S/C12H10N4.ClH/c13-12-10-2-1-9(7-11(10)15-16-12)8-3-5-14-6-4-8;/h1-7H,(H3,13,15,16);1H. The van der Waals surface area contributed by atoms with Gasteiger partial charge in [0.05, 0.1) is 5.52 Å². The second-order valence-corrected chi connectivity index (χ2v) is 3.61. The summed E-state index contributed by atoms with van der Waals surface area (Å²) in [6, 6.07) is 9.99. The smallest absolute Gasteiger partial charge is 0.153 e. The fraction of sp³-hybridized carbons (Fsp3) is 0. The summed E-state index contributed by atoms with van der Waals surface area (Å²) < 4.78 is 0. The van der Waals surface area contributed by atoms with E-state index in [1.54, 1.807) is 12.4 Å². The molecular formula is C12H11ClN4.